The second-order valence-electron chi connectivity index (χ2n) is 9.07. The first-order valence-electron chi connectivity index (χ1n) is 12.2. The summed E-state index contributed by atoms with van der Waals surface area (Å²) in [5.41, 5.74) is 2.35. The summed E-state index contributed by atoms with van der Waals surface area (Å²) >= 11 is 5.96. The molecule has 0 bridgehead atoms. The molecule has 2 heterocycles. The third kappa shape index (κ3) is 7.52. The van der Waals surface area contributed by atoms with Crippen LogP contribution >= 0.6 is 11.6 Å². The summed E-state index contributed by atoms with van der Waals surface area (Å²) in [5, 5.41) is 3.44. The van der Waals surface area contributed by atoms with Crippen molar-refractivity contribution in [2.45, 2.75) is 19.6 Å². The van der Waals surface area contributed by atoms with Crippen molar-refractivity contribution < 1.29 is 19.1 Å². The highest BCUT2D eigenvalue weighted by Gasteiger charge is 2.29. The molecule has 1 aliphatic rings. The predicted molar refractivity (Wildman–Crippen MR) is 142 cm³/mol. The summed E-state index contributed by atoms with van der Waals surface area (Å²) in [4.78, 5) is 35.0. The van der Waals surface area contributed by atoms with E-state index in [1.54, 1.807) is 47.5 Å². The highest BCUT2D eigenvalue weighted by atomic mass is 35.5. The molecule has 1 aliphatic heterocycles. The predicted octanol–water partition coefficient (Wildman–Crippen LogP) is 3.92. The van der Waals surface area contributed by atoms with E-state index in [0.29, 0.717) is 30.5 Å². The molecule has 2 amide bonds. The van der Waals surface area contributed by atoms with Crippen molar-refractivity contribution in [1.29, 1.82) is 0 Å². The quantitative estimate of drug-likeness (QED) is 0.458. The minimum atomic E-state index is -0.857. The average Bonchev–Trinajstić information content (AvgIpc) is 2.90. The summed E-state index contributed by atoms with van der Waals surface area (Å²) in [7, 11) is 2.02. The van der Waals surface area contributed by atoms with E-state index in [4.69, 9.17) is 21.1 Å². The van der Waals surface area contributed by atoms with E-state index in [1.807, 2.05) is 38.2 Å². The smallest absolute Gasteiger partial charge is 0.257 e. The fourth-order valence-corrected chi connectivity index (χ4v) is 4.14. The zero-order chi connectivity index (χ0) is 26.2. The zero-order valence-electron chi connectivity index (χ0n) is 21.0. The molecule has 1 aromatic heterocycles. The number of aromatic nitrogens is 1. The van der Waals surface area contributed by atoms with Crippen molar-refractivity contribution in [1.82, 2.24) is 20.1 Å². The van der Waals surface area contributed by atoms with E-state index in [1.165, 1.54) is 0 Å². The summed E-state index contributed by atoms with van der Waals surface area (Å²) < 4.78 is 11.8. The molecule has 9 heteroatoms. The van der Waals surface area contributed by atoms with Gasteiger partial charge in [-0.2, -0.15) is 0 Å². The summed E-state index contributed by atoms with van der Waals surface area (Å²) in [6, 6.07) is 17.2. The molecule has 3 aromatic rings. The number of carbonyl (C=O) groups excluding carboxylic acids is 2. The van der Waals surface area contributed by atoms with Crippen LogP contribution in [0.25, 0.3) is 0 Å². The second kappa shape index (κ2) is 12.7. The van der Waals surface area contributed by atoms with E-state index in [0.717, 1.165) is 24.2 Å². The van der Waals surface area contributed by atoms with Gasteiger partial charge in [-0.3, -0.25) is 9.59 Å². The number of hydrogen-bond donors (Lipinski definition) is 1. The van der Waals surface area contributed by atoms with Crippen LogP contribution in [0.3, 0.4) is 0 Å². The number of pyridine rings is 1. The van der Waals surface area contributed by atoms with Gasteiger partial charge in [-0.25, -0.2) is 4.98 Å². The molecule has 4 rings (SSSR count). The Labute approximate surface area is 222 Å². The SMILES string of the molecule is Cc1cccc(COCC(NC(=O)c2cccnc2Oc2ccc(Cl)cc2)C(=O)N2CCN(C)CC2)c1. The zero-order valence-corrected chi connectivity index (χ0v) is 21.8. The van der Waals surface area contributed by atoms with Crippen LogP contribution in [0.15, 0.2) is 66.9 Å². The molecule has 37 heavy (non-hydrogen) atoms. The number of piperazine rings is 1. The summed E-state index contributed by atoms with van der Waals surface area (Å²) in [6.07, 6.45) is 1.54. The van der Waals surface area contributed by atoms with Crippen molar-refractivity contribution in [3.63, 3.8) is 0 Å². The number of nitrogens with one attached hydrogen (secondary N) is 1. The number of ether oxygens (including phenoxy) is 2. The van der Waals surface area contributed by atoms with Crippen LogP contribution in [0.2, 0.25) is 5.02 Å². The number of carbonyl (C=O) groups is 2. The van der Waals surface area contributed by atoms with E-state index < -0.39 is 11.9 Å². The number of nitrogens with zero attached hydrogens (tertiary/aromatic N) is 3. The van der Waals surface area contributed by atoms with Crippen molar-refractivity contribution in [2.24, 2.45) is 0 Å². The van der Waals surface area contributed by atoms with Crippen molar-refractivity contribution in [3.05, 3.63) is 88.6 Å². The normalized spacial score (nSPS) is 14.7. The molecule has 194 valence electrons. The topological polar surface area (TPSA) is 84.0 Å². The fourth-order valence-electron chi connectivity index (χ4n) is 4.01. The van der Waals surface area contributed by atoms with Gasteiger partial charge in [-0.1, -0.05) is 41.4 Å². The van der Waals surface area contributed by atoms with Crippen molar-refractivity contribution in [2.75, 3.05) is 39.8 Å². The van der Waals surface area contributed by atoms with Gasteiger partial charge >= 0.3 is 0 Å². The standard InChI is InChI=1S/C28H31ClN4O4/c1-20-5-3-6-21(17-20)18-36-19-25(28(35)33-15-13-32(2)14-16-33)31-26(34)24-7-4-12-30-27(24)37-23-10-8-22(29)9-11-23/h3-12,17,25H,13-16,18-19H2,1-2H3,(H,31,34). The molecule has 1 atom stereocenters. The van der Waals surface area contributed by atoms with Gasteiger partial charge in [0.1, 0.15) is 17.4 Å². The van der Waals surface area contributed by atoms with Gasteiger partial charge in [0.2, 0.25) is 11.8 Å². The Bertz CT molecular complexity index is 1210. The molecule has 0 saturated carbocycles. The molecule has 0 spiro atoms. The lowest BCUT2D eigenvalue weighted by Crippen LogP contribution is -2.55. The Morgan fingerprint density at radius 1 is 1.05 bits per heavy atom. The van der Waals surface area contributed by atoms with Crippen LogP contribution in [-0.2, 0) is 16.1 Å². The first kappa shape index (κ1) is 26.6. The van der Waals surface area contributed by atoms with Gasteiger partial charge < -0.3 is 24.6 Å². The van der Waals surface area contributed by atoms with Crippen LogP contribution in [-0.4, -0.2) is 72.5 Å². The Balaban J connectivity index is 1.48. The van der Waals surface area contributed by atoms with Gasteiger partial charge in [0.05, 0.1) is 13.2 Å². The monoisotopic (exact) mass is 522 g/mol. The lowest BCUT2D eigenvalue weighted by Gasteiger charge is -2.34. The van der Waals surface area contributed by atoms with E-state index >= 15 is 0 Å². The lowest BCUT2D eigenvalue weighted by molar-refractivity contribution is -0.136. The van der Waals surface area contributed by atoms with Gasteiger partial charge in [-0.15, -0.1) is 0 Å². The average molecular weight is 523 g/mol. The third-order valence-corrected chi connectivity index (χ3v) is 6.35. The largest absolute Gasteiger partial charge is 0.438 e. The maximum Gasteiger partial charge on any atom is 0.257 e. The molecule has 2 aromatic carbocycles. The van der Waals surface area contributed by atoms with Crippen LogP contribution in [0, 0.1) is 6.92 Å². The van der Waals surface area contributed by atoms with Crippen molar-refractivity contribution >= 4 is 23.4 Å². The second-order valence-corrected chi connectivity index (χ2v) is 9.51. The van der Waals surface area contributed by atoms with Crippen molar-refractivity contribution in [3.8, 4) is 11.6 Å². The molecule has 0 aliphatic carbocycles. The first-order chi connectivity index (χ1) is 17.9. The highest BCUT2D eigenvalue weighted by Crippen LogP contribution is 2.24. The summed E-state index contributed by atoms with van der Waals surface area (Å²) in [6.45, 7) is 5.13. The molecule has 1 unspecified atom stereocenters. The molecular formula is C28H31ClN4O4. The fraction of sp³-hybridized carbons (Fsp3) is 0.321. The van der Waals surface area contributed by atoms with Gasteiger partial charge in [0.15, 0.2) is 0 Å². The number of rotatable bonds is 9. The molecule has 1 saturated heterocycles. The number of hydrogen-bond acceptors (Lipinski definition) is 6. The summed E-state index contributed by atoms with van der Waals surface area (Å²) in [5.74, 6) is -0.0176. The van der Waals surface area contributed by atoms with Crippen LogP contribution in [0.1, 0.15) is 21.5 Å². The first-order valence-corrected chi connectivity index (χ1v) is 12.6. The van der Waals surface area contributed by atoms with Gasteiger partial charge in [-0.05, 0) is 55.9 Å². The lowest BCUT2D eigenvalue weighted by atomic mass is 10.1. The Morgan fingerprint density at radius 3 is 2.54 bits per heavy atom. The minimum Gasteiger partial charge on any atom is -0.438 e. The van der Waals surface area contributed by atoms with E-state index in [-0.39, 0.29) is 24.0 Å². The van der Waals surface area contributed by atoms with E-state index in [9.17, 15) is 9.59 Å². The highest BCUT2D eigenvalue weighted by molar-refractivity contribution is 6.30. The minimum absolute atomic E-state index is 0.0402. The number of benzene rings is 2. The molecule has 0 radical (unpaired) electrons. The van der Waals surface area contributed by atoms with Crippen LogP contribution in [0.5, 0.6) is 11.6 Å². The maximum absolute atomic E-state index is 13.4. The number of halogens is 1. The molecule has 1 fully saturated rings. The van der Waals surface area contributed by atoms with Crippen LogP contribution < -0.4 is 10.1 Å². The van der Waals surface area contributed by atoms with Gasteiger partial charge in [0, 0.05) is 37.4 Å². The Hall–Kier alpha value is -3.46. The van der Waals surface area contributed by atoms with Gasteiger partial charge in [0.25, 0.3) is 5.91 Å². The Morgan fingerprint density at radius 2 is 1.81 bits per heavy atom. The molecule has 1 N–H and O–H groups in total. The maximum atomic E-state index is 13.4. The number of aryl methyl sites for hydroxylation is 1. The number of amides is 2. The Kier molecular flexibility index (Phi) is 9.11. The molecular weight excluding hydrogens is 492 g/mol. The van der Waals surface area contributed by atoms with Crippen LogP contribution in [0.4, 0.5) is 0 Å². The third-order valence-electron chi connectivity index (χ3n) is 6.10. The van der Waals surface area contributed by atoms with E-state index in [2.05, 4.69) is 15.2 Å². The molecule has 8 nitrogen and oxygen atoms in total. The number of likely N-dealkylation sites (N-methyl/N-ethyl adjacent to an activating group) is 1.